The van der Waals surface area contributed by atoms with Crippen molar-refractivity contribution in [3.8, 4) is 0 Å². The van der Waals surface area contributed by atoms with E-state index in [9.17, 15) is 38.4 Å². The number of ether oxygens (including phenoxy) is 10. The molecule has 10 aliphatic heterocycles. The molecular formula is C72H117N11O20S5Si2. The Morgan fingerprint density at radius 1 is 0.509 bits per heavy atom. The minimum absolute atomic E-state index is 0.0288. The molecule has 4 aromatic rings. The molecule has 0 amide bonds. The van der Waals surface area contributed by atoms with Gasteiger partial charge in [0.05, 0.1) is 51.3 Å². The molecule has 14 rings (SSSR count). The van der Waals surface area contributed by atoms with Gasteiger partial charge in [-0.05, 0) is 139 Å². The van der Waals surface area contributed by atoms with Crippen molar-refractivity contribution in [2.24, 2.45) is 0 Å². The summed E-state index contributed by atoms with van der Waals surface area (Å²) in [5.74, 6) is -1.99. The van der Waals surface area contributed by atoms with Gasteiger partial charge in [-0.2, -0.15) is 15.0 Å². The molecule has 9 N–H and O–H groups in total. The topological polar surface area (TPSA) is 406 Å². The standard InChI is InChI=1S/C19H33N3O4SSi.C19H32N2O5SSi.C13H19N3O4S.C12H17N3O4S.C9H16O3S/c1-11-9-22(17(23)21-15(11)20)16-14-13(25-19(5,6)26-14)12(27-16)10-24-28(7,8)18(2,3)4;1-11-9-21(17(23)20-15(11)22)16-14-13(25-19(5,6)26-14)12(27-16)10-24-28(7,8)18(2,3)4;1-6-4-16(12(18)15-10(6)14)11-9-8(7(5-17)21-11)19-13(2,3)20-9;1-12(2)18-8-6(5-16)20-10(9(8)19-12)15-4-3-7(13)14-11(15)17;1-4-7-8-6(5-13(7)10)11-9(2,3)12-8/h9,12-14,16H,10H2,1-8H3,(H2,20,21,23);9,12-14,16H,10H2,1-8H3,(H,20,22,23);4,7-9,11,17H,5H2,1-3H3,(H2,14,15,18);3-4,6,8-10,16H,5H2,1-2H3,(H2,13,14,17);6-8H,4-5H2,1-3H3/t2*12-,13-,14-,16-;7-,8-,9-,11-;6-,8-,9-,10-;6-,7+,8-,13-/m11110/s1. The SMILES string of the molecule is CC1(C)O[C@@H]2[C@H](O1)[C@@H](CO)S[C@H]2n1ccc(N)nc1=O.CC[C@@H]1[C@H]2OC(C)(C)O[C@H]2C[S@@]1=O.Cc1cn([C@@H]2S[C@H](CO)[C@H]3OC(C)(C)O[C@H]32)c(=O)nc1N.Cc1cn([C@@H]2S[C@H](CO[Si](C)(C)C(C)(C)C)[C@H]3OC(C)(C)O[C@H]32)c(=O)[nH]c1=O.Cc1cn([C@@H]2S[C@H](CO[Si](C)(C)C(C)(C)C)[C@H]3OC(C)(C)O[C@H]32)c(=O)nc1N. The number of fused-ring (bicyclic) bond motifs is 5. The van der Waals surface area contributed by atoms with Crippen LogP contribution in [-0.4, -0.2) is 218 Å². The first-order valence-corrected chi connectivity index (χ1v) is 48.3. The van der Waals surface area contributed by atoms with Gasteiger partial charge in [0.2, 0.25) is 0 Å². The summed E-state index contributed by atoms with van der Waals surface area (Å²) < 4.78 is 90.3. The number of rotatable bonds is 13. The highest BCUT2D eigenvalue weighted by Gasteiger charge is 2.60. The van der Waals surface area contributed by atoms with Crippen molar-refractivity contribution in [2.75, 3.05) is 49.4 Å². The summed E-state index contributed by atoms with van der Waals surface area (Å²) in [6, 6.07) is 1.57. The molecule has 38 heteroatoms. The molecule has 4 aromatic heterocycles. The van der Waals surface area contributed by atoms with Gasteiger partial charge in [-0.3, -0.25) is 32.3 Å². The molecule has 618 valence electrons. The summed E-state index contributed by atoms with van der Waals surface area (Å²) in [6.45, 7) is 49.5. The number of aliphatic hydroxyl groups excluding tert-OH is 2. The Balaban J connectivity index is 0.000000149. The smallest absolute Gasteiger partial charge is 0.350 e. The Morgan fingerprint density at radius 2 is 0.836 bits per heavy atom. The number of aryl methyl sites for hydroxylation is 3. The lowest BCUT2D eigenvalue weighted by atomic mass is 10.1. The second-order valence-corrected chi connectivity index (χ2v) is 51.4. The maximum absolute atomic E-state index is 12.5. The summed E-state index contributed by atoms with van der Waals surface area (Å²) in [5.41, 5.74) is 17.0. The Morgan fingerprint density at radius 3 is 1.21 bits per heavy atom. The number of H-pyrrole nitrogens is 1. The minimum Gasteiger partial charge on any atom is -0.416 e. The van der Waals surface area contributed by atoms with E-state index in [4.69, 9.17) is 73.4 Å². The van der Waals surface area contributed by atoms with Gasteiger partial charge in [0.15, 0.2) is 45.6 Å². The van der Waals surface area contributed by atoms with Crippen molar-refractivity contribution in [3.05, 3.63) is 99.8 Å². The van der Waals surface area contributed by atoms with Crippen molar-refractivity contribution in [2.45, 2.75) is 319 Å². The molecule has 0 unspecified atom stereocenters. The molecule has 10 fully saturated rings. The van der Waals surface area contributed by atoms with E-state index in [0.29, 0.717) is 24.5 Å². The molecule has 14 heterocycles. The molecular weight excluding hydrogens is 1560 g/mol. The number of aromatic amines is 1. The van der Waals surface area contributed by atoms with Gasteiger partial charge in [0.1, 0.15) is 93.9 Å². The highest BCUT2D eigenvalue weighted by atomic mass is 32.2. The van der Waals surface area contributed by atoms with Gasteiger partial charge < -0.3 is 83.6 Å². The van der Waals surface area contributed by atoms with Crippen LogP contribution >= 0.6 is 47.0 Å². The minimum atomic E-state index is -1.91. The molecule has 0 radical (unpaired) electrons. The maximum Gasteiger partial charge on any atom is 0.350 e. The molecule has 0 saturated carbocycles. The van der Waals surface area contributed by atoms with Crippen molar-refractivity contribution in [1.82, 2.24) is 38.2 Å². The highest BCUT2D eigenvalue weighted by molar-refractivity contribution is 8.01. The van der Waals surface area contributed by atoms with Crippen molar-refractivity contribution in [1.29, 1.82) is 0 Å². The predicted octanol–water partition coefficient (Wildman–Crippen LogP) is 7.55. The van der Waals surface area contributed by atoms with Crippen LogP contribution in [0.3, 0.4) is 0 Å². The number of aliphatic hydroxyl groups is 2. The van der Waals surface area contributed by atoms with E-state index in [0.717, 1.165) is 17.5 Å². The van der Waals surface area contributed by atoms with Crippen LogP contribution in [0, 0.1) is 20.8 Å². The number of aromatic nitrogens is 8. The fourth-order valence-corrected chi connectivity index (χ4v) is 24.2. The highest BCUT2D eigenvalue weighted by Crippen LogP contribution is 2.55. The molecule has 0 spiro atoms. The normalized spacial score (nSPS) is 33.8. The molecule has 0 bridgehead atoms. The predicted molar refractivity (Wildman–Crippen MR) is 433 cm³/mol. The summed E-state index contributed by atoms with van der Waals surface area (Å²) in [5, 5.41) is 18.3. The quantitative estimate of drug-likeness (QED) is 0.0703. The first kappa shape index (κ1) is 88.5. The maximum atomic E-state index is 12.5. The number of nitrogens with zero attached hydrogens (tertiary/aromatic N) is 7. The van der Waals surface area contributed by atoms with Crippen LogP contribution < -0.4 is 45.5 Å². The van der Waals surface area contributed by atoms with E-state index < -0.39 is 73.4 Å². The first-order valence-electron chi connectivity index (χ1n) is 37.3. The van der Waals surface area contributed by atoms with Gasteiger partial charge in [-0.15, -0.1) is 47.0 Å². The number of nitrogens with one attached hydrogen (secondary N) is 1. The lowest BCUT2D eigenvalue weighted by molar-refractivity contribution is -0.149. The monoisotopic (exact) mass is 1670 g/mol. The average molecular weight is 1670 g/mol. The molecule has 0 aliphatic carbocycles. The van der Waals surface area contributed by atoms with Crippen LogP contribution in [0.2, 0.25) is 36.3 Å². The summed E-state index contributed by atoms with van der Waals surface area (Å²) >= 11 is 6.22. The van der Waals surface area contributed by atoms with E-state index in [-0.39, 0.29) is 161 Å². The lowest BCUT2D eigenvalue weighted by Crippen LogP contribution is -2.44. The van der Waals surface area contributed by atoms with Gasteiger partial charge in [-0.1, -0.05) is 48.5 Å². The summed E-state index contributed by atoms with van der Waals surface area (Å²) in [6.07, 6.45) is 5.78. The molecule has 31 nitrogen and oxygen atoms in total. The second-order valence-electron chi connectivity index (χ2n) is 34.7. The van der Waals surface area contributed by atoms with Crippen molar-refractivity contribution >= 4 is 91.9 Å². The Bertz CT molecular complexity index is 4300. The number of nitrogen functional groups attached to an aromatic ring is 3. The van der Waals surface area contributed by atoms with E-state index in [2.05, 4.69) is 94.6 Å². The molecule has 10 aliphatic rings. The molecule has 20 atom stereocenters. The van der Waals surface area contributed by atoms with Gasteiger partial charge in [-0.25, -0.2) is 19.2 Å². The zero-order valence-electron chi connectivity index (χ0n) is 67.7. The van der Waals surface area contributed by atoms with Crippen LogP contribution in [0.25, 0.3) is 0 Å². The van der Waals surface area contributed by atoms with E-state index in [1.807, 2.05) is 76.2 Å². The number of anilines is 3. The fourth-order valence-electron chi connectivity index (χ4n) is 14.2. The van der Waals surface area contributed by atoms with Gasteiger partial charge in [0.25, 0.3) is 5.56 Å². The van der Waals surface area contributed by atoms with E-state index >= 15 is 0 Å². The third kappa shape index (κ3) is 19.4. The third-order valence-corrected chi connectivity index (χ3v) is 38.9. The second kappa shape index (κ2) is 32.9. The van der Waals surface area contributed by atoms with Crippen LogP contribution in [0.1, 0.15) is 162 Å². The Labute approximate surface area is 664 Å². The molecule has 0 aromatic carbocycles. The third-order valence-electron chi connectivity index (χ3n) is 21.8. The van der Waals surface area contributed by atoms with Crippen LogP contribution in [-0.2, 0) is 67.0 Å². The number of thioether (sulfide) groups is 4. The first-order chi connectivity index (χ1) is 50.7. The Hall–Kier alpha value is -3.86. The lowest BCUT2D eigenvalue weighted by Gasteiger charge is -2.37. The number of hydrogen-bond donors (Lipinski definition) is 6. The molecule has 10 saturated heterocycles. The summed E-state index contributed by atoms with van der Waals surface area (Å²) in [7, 11) is -4.55. The summed E-state index contributed by atoms with van der Waals surface area (Å²) in [4.78, 5) is 74.8. The number of nitrogens with two attached hydrogens (primary N) is 3. The Kier molecular flexibility index (Phi) is 26.5. The molecule has 110 heavy (non-hydrogen) atoms. The van der Waals surface area contributed by atoms with Gasteiger partial charge in [0, 0.05) is 65.5 Å². The fraction of sp³-hybridized carbons (Fsp3) is 0.778. The zero-order valence-corrected chi connectivity index (χ0v) is 73.8. The van der Waals surface area contributed by atoms with E-state index in [1.165, 1.54) is 32.7 Å². The average Bonchev–Trinajstić information content (AvgIpc) is 1.61. The van der Waals surface area contributed by atoms with Crippen LogP contribution in [0.5, 0.6) is 0 Å². The number of hydrogen-bond acceptors (Lipinski definition) is 30. The zero-order chi connectivity index (χ0) is 81.6. The largest absolute Gasteiger partial charge is 0.416 e. The van der Waals surface area contributed by atoms with Crippen LogP contribution in [0.15, 0.2) is 54.8 Å². The van der Waals surface area contributed by atoms with Crippen molar-refractivity contribution in [3.63, 3.8) is 0 Å². The van der Waals surface area contributed by atoms with E-state index in [1.54, 1.807) is 77.4 Å². The van der Waals surface area contributed by atoms with Gasteiger partial charge >= 0.3 is 22.8 Å². The van der Waals surface area contributed by atoms with Crippen molar-refractivity contribution < 1.29 is 70.6 Å². The van der Waals surface area contributed by atoms with Crippen LogP contribution in [0.4, 0.5) is 17.5 Å².